The van der Waals surface area contributed by atoms with Crippen molar-refractivity contribution >= 4 is 0 Å². The molecule has 0 atom stereocenters. The number of allylic oxidation sites excluding steroid dienone is 2. The van der Waals surface area contributed by atoms with Gasteiger partial charge in [0, 0.05) is 0 Å². The second kappa shape index (κ2) is 8.51. The predicted octanol–water partition coefficient (Wildman–Crippen LogP) is 2.76. The van der Waals surface area contributed by atoms with Crippen LogP contribution < -0.4 is 0 Å². The topological polar surface area (TPSA) is 0 Å². The van der Waals surface area contributed by atoms with Crippen LogP contribution >= 0.6 is 0 Å². The molecular weight excluding hydrogens is 843 g/mol. The van der Waals surface area contributed by atoms with Crippen molar-refractivity contribution in [3.63, 3.8) is 0 Å². The van der Waals surface area contributed by atoms with Gasteiger partial charge in [0.15, 0.2) is 0 Å². The molecule has 0 spiro atoms. The summed E-state index contributed by atoms with van der Waals surface area (Å²) in [4.78, 5) is 0. The van der Waals surface area contributed by atoms with E-state index in [1.807, 2.05) is 32.4 Å². The standard InChI is InChI=1S/C9H14.4W/c1-9(2,3)8-6-4-5-7-8;;;;/h4-6H,7H2,1-3H3;;;;/q-2;;;;. The average molecular weight is 858 g/mol. The van der Waals surface area contributed by atoms with E-state index in [-0.39, 0.29) is 0 Å². The third-order valence-electron chi connectivity index (χ3n) is 1.76. The van der Waals surface area contributed by atoms with E-state index >= 15 is 0 Å². The third kappa shape index (κ3) is 8.20. The molecule has 1 aliphatic carbocycles. The van der Waals surface area contributed by atoms with Gasteiger partial charge in [-0.05, 0) is 0 Å². The molecule has 0 heterocycles. The van der Waals surface area contributed by atoms with Crippen molar-refractivity contribution in [2.75, 3.05) is 0 Å². The van der Waals surface area contributed by atoms with Gasteiger partial charge in [0.1, 0.15) is 0 Å². The molecule has 1 rings (SSSR count). The van der Waals surface area contributed by atoms with Crippen molar-refractivity contribution in [1.29, 1.82) is 0 Å². The summed E-state index contributed by atoms with van der Waals surface area (Å²) in [7, 11) is 0. The molecule has 76 valence electrons. The fraction of sp³-hybridized carbons (Fsp3) is 0.556. The van der Waals surface area contributed by atoms with E-state index in [1.165, 1.54) is 0 Å². The molecule has 0 nitrogen and oxygen atoms in total. The second-order valence-electron chi connectivity index (χ2n) is 3.71. The van der Waals surface area contributed by atoms with Gasteiger partial charge in [-0.3, -0.25) is 6.08 Å². The van der Waals surface area contributed by atoms with Gasteiger partial charge in [-0.25, -0.2) is 12.0 Å². The maximum absolute atomic E-state index is 2.26. The summed E-state index contributed by atoms with van der Waals surface area (Å²) in [5.41, 5.74) is 1.92. The Balaban J connectivity index is 0.000000310. The Morgan fingerprint density at radius 3 is 2.00 bits per heavy atom. The normalized spacial score (nSPS) is 14.8. The molecule has 0 aromatic carbocycles. The van der Waals surface area contributed by atoms with Gasteiger partial charge >= 0.3 is 55.2 Å². The third-order valence-corrected chi connectivity index (χ3v) is 126. The van der Waals surface area contributed by atoms with Gasteiger partial charge in [-0.1, -0.05) is 26.2 Å². The predicted molar refractivity (Wildman–Crippen MR) is 40.8 cm³/mol. The molecule has 0 radical (unpaired) electrons. The summed E-state index contributed by atoms with van der Waals surface area (Å²) < 4.78 is 0. The molecule has 0 aliphatic heterocycles. The molecular formula is C9H14W4-2. The van der Waals surface area contributed by atoms with Crippen LogP contribution in [-0.2, 0) is 55.2 Å². The second-order valence-corrected chi connectivity index (χ2v) is 78.2. The zero-order valence-electron chi connectivity index (χ0n) is 8.07. The number of hydrogen-bond acceptors (Lipinski definition) is 0. The van der Waals surface area contributed by atoms with Crippen LogP contribution in [0.2, 0.25) is 0 Å². The van der Waals surface area contributed by atoms with Crippen LogP contribution in [0.15, 0.2) is 11.6 Å². The Morgan fingerprint density at radius 1 is 1.31 bits per heavy atom. The Labute approximate surface area is 110 Å². The molecule has 0 saturated carbocycles. The van der Waals surface area contributed by atoms with Crippen LogP contribution in [0.4, 0.5) is 0 Å². The maximum atomic E-state index is 2.26. The molecule has 1 aliphatic rings. The van der Waals surface area contributed by atoms with E-state index in [1.54, 1.807) is 5.57 Å². The van der Waals surface area contributed by atoms with E-state index in [9.17, 15) is 0 Å². The van der Waals surface area contributed by atoms with E-state index in [0.717, 1.165) is 6.42 Å². The molecule has 0 unspecified atom stereocenters. The molecule has 0 bridgehead atoms. The fourth-order valence-electron chi connectivity index (χ4n) is 1.00. The summed E-state index contributed by atoms with van der Waals surface area (Å²) >= 11 is 5.00. The summed E-state index contributed by atoms with van der Waals surface area (Å²) in [5, 5.41) is 0. The Bertz CT molecular complexity index is 239. The molecule has 13 heavy (non-hydrogen) atoms. The van der Waals surface area contributed by atoms with E-state index in [4.69, 9.17) is 0 Å². The van der Waals surface area contributed by atoms with Crippen molar-refractivity contribution in [2.24, 2.45) is 5.41 Å². The summed E-state index contributed by atoms with van der Waals surface area (Å²) in [6.45, 7) is 6.77. The Kier molecular flexibility index (Phi) is 10.1. The molecule has 0 amide bonds. The minimum atomic E-state index is 0.378. The first kappa shape index (κ1) is 15.4. The zero-order valence-corrected chi connectivity index (χ0v) is 19.8. The minimum absolute atomic E-state index is 0.378. The Morgan fingerprint density at radius 2 is 1.85 bits per heavy atom. The van der Waals surface area contributed by atoms with Crippen LogP contribution in [0.25, 0.3) is 0 Å². The van der Waals surface area contributed by atoms with Gasteiger partial charge in [-0.2, -0.15) is 0 Å². The average Bonchev–Trinajstić information content (AvgIpc) is 2.55. The van der Waals surface area contributed by atoms with Crippen LogP contribution in [0.3, 0.4) is 0 Å². The molecule has 0 aromatic heterocycles. The summed E-state index contributed by atoms with van der Waals surface area (Å²) in [6.07, 6.45) is 7.73. The SMILES string of the molecule is CC(C)(C)C1=C[CH-][CH-]C1.[W]=[W]=[W]=[W]. The zero-order chi connectivity index (χ0) is 10.3. The first-order chi connectivity index (χ1) is 6.02. The van der Waals surface area contributed by atoms with Gasteiger partial charge in [0.25, 0.3) is 0 Å². The molecule has 0 N–H and O–H groups in total. The van der Waals surface area contributed by atoms with Crippen LogP contribution in [0.5, 0.6) is 0 Å². The number of rotatable bonds is 0. The van der Waals surface area contributed by atoms with Crippen molar-refractivity contribution in [1.82, 2.24) is 0 Å². The van der Waals surface area contributed by atoms with Crippen LogP contribution in [0.1, 0.15) is 27.2 Å². The van der Waals surface area contributed by atoms with Crippen molar-refractivity contribution in [2.45, 2.75) is 27.2 Å². The first-order valence-electron chi connectivity index (χ1n) is 3.97. The fourth-order valence-corrected chi connectivity index (χ4v) is 1.00. The van der Waals surface area contributed by atoms with Gasteiger partial charge in [0.05, 0.1) is 0 Å². The van der Waals surface area contributed by atoms with E-state index in [0.29, 0.717) is 28.2 Å². The van der Waals surface area contributed by atoms with E-state index in [2.05, 4.69) is 39.7 Å². The first-order valence-corrected chi connectivity index (χ1v) is 37.0. The van der Waals surface area contributed by atoms with Gasteiger partial charge in [-0.15, -0.1) is 0 Å². The summed E-state index contributed by atoms with van der Waals surface area (Å²) in [5.74, 6) is 0. The monoisotopic (exact) mass is 858 g/mol. The molecule has 0 saturated heterocycles. The summed E-state index contributed by atoms with van der Waals surface area (Å²) in [6, 6.07) is 0. The molecule has 4 heteroatoms. The van der Waals surface area contributed by atoms with Crippen molar-refractivity contribution in [3.8, 4) is 0 Å². The molecule has 0 fully saturated rings. The van der Waals surface area contributed by atoms with Gasteiger partial charge < -0.3 is 12.8 Å². The van der Waals surface area contributed by atoms with Crippen LogP contribution in [-0.4, -0.2) is 0 Å². The van der Waals surface area contributed by atoms with Crippen LogP contribution in [0, 0.1) is 18.3 Å². The van der Waals surface area contributed by atoms with Crippen molar-refractivity contribution in [3.05, 3.63) is 24.5 Å². The molecule has 0 aromatic rings. The quantitative estimate of drug-likeness (QED) is 0.330. The number of hydrogen-bond donors (Lipinski definition) is 0. The Hall–Kier alpha value is 2.36. The van der Waals surface area contributed by atoms with E-state index < -0.39 is 0 Å². The van der Waals surface area contributed by atoms with Crippen molar-refractivity contribution < 1.29 is 55.2 Å². The van der Waals surface area contributed by atoms with Gasteiger partial charge in [0.2, 0.25) is 0 Å².